The monoisotopic (exact) mass is 514 g/mol. The molecule has 4 nitrogen and oxygen atoms in total. The van der Waals surface area contributed by atoms with E-state index in [0.29, 0.717) is 0 Å². The molecule has 0 spiro atoms. The number of nitrogen functional groups attached to an aromatic ring is 2. The number of aromatic amines is 1. The number of hydrogen-bond donors (Lipinski definition) is 2. The number of anilines is 2. The number of nitrogens with zero attached hydrogens (tertiary/aromatic N) is 1. The Morgan fingerprint density at radius 2 is 1.16 bits per heavy atom. The van der Waals surface area contributed by atoms with Gasteiger partial charge in [-0.2, -0.15) is 4.57 Å². The first kappa shape index (κ1) is 29.4. The summed E-state index contributed by atoms with van der Waals surface area (Å²) in [5.74, 6) is 0. The van der Waals surface area contributed by atoms with Gasteiger partial charge in [-0.3, -0.25) is 0 Å². The van der Waals surface area contributed by atoms with Crippen molar-refractivity contribution < 1.29 is 9.55 Å². The molecule has 0 aliphatic heterocycles. The molecule has 0 aliphatic rings. The lowest BCUT2D eigenvalue weighted by Crippen LogP contribution is -2.38. The van der Waals surface area contributed by atoms with Crippen LogP contribution in [0.5, 0.6) is 0 Å². The number of hydrogen-bond acceptors (Lipinski definition) is 2. The van der Waals surface area contributed by atoms with Crippen molar-refractivity contribution in [2.75, 3.05) is 11.5 Å². The fourth-order valence-electron chi connectivity index (χ4n) is 5.33. The summed E-state index contributed by atoms with van der Waals surface area (Å²) < 4.78 is 2.43. The molecule has 4 heteroatoms. The lowest BCUT2D eigenvalue weighted by atomic mass is 10.1. The quantitative estimate of drug-likeness (QED) is 0.139. The Hall–Kier alpha value is -3.14. The van der Waals surface area contributed by atoms with E-state index in [-0.39, 0.29) is 0 Å². The molecule has 0 atom stereocenters. The van der Waals surface area contributed by atoms with Gasteiger partial charge >= 0.3 is 0 Å². The molecule has 2 aromatic carbocycles. The van der Waals surface area contributed by atoms with E-state index in [9.17, 15) is 0 Å². The molecule has 0 bridgehead atoms. The Kier molecular flexibility index (Phi) is 12.4. The minimum Gasteiger partial charge on any atom is -0.398 e. The molecule has 0 unspecified atom stereocenters. The van der Waals surface area contributed by atoms with E-state index in [2.05, 4.69) is 53.7 Å². The third kappa shape index (κ3) is 9.01. The molecular formula is C34H50N4+2. The van der Waals surface area contributed by atoms with Gasteiger partial charge in [0.15, 0.2) is 11.4 Å². The van der Waals surface area contributed by atoms with E-state index in [4.69, 9.17) is 11.5 Å². The molecule has 0 radical (unpaired) electrons. The van der Waals surface area contributed by atoms with Crippen molar-refractivity contribution in [1.29, 1.82) is 0 Å². The van der Waals surface area contributed by atoms with Crippen molar-refractivity contribution in [2.45, 2.75) is 104 Å². The molecule has 2 aromatic heterocycles. The van der Waals surface area contributed by atoms with Gasteiger partial charge in [0.05, 0.1) is 22.1 Å². The summed E-state index contributed by atoms with van der Waals surface area (Å²) in [6, 6.07) is 20.6. The van der Waals surface area contributed by atoms with Gasteiger partial charge in [0, 0.05) is 44.5 Å². The van der Waals surface area contributed by atoms with E-state index in [1.807, 2.05) is 37.3 Å². The standard InChI is InChI=1S/C24H38N2.C10H10N2/c1-3-4-5-6-7-8-9-10-11-12-13-16-19-26-21(2)20-23(25)22-17-14-15-18-24(22)26;1-7-6-9(11)8-4-2-3-5-10(8)12-7/h14-15,17-18,20,25H,3-13,16,19H2,1-2H3;2-6H,1H3,(H2,11,12)/p+2. The van der Waals surface area contributed by atoms with Gasteiger partial charge in [0.25, 0.3) is 0 Å². The lowest BCUT2D eigenvalue weighted by Gasteiger charge is -2.07. The largest absolute Gasteiger partial charge is 0.398 e. The predicted molar refractivity (Wildman–Crippen MR) is 164 cm³/mol. The van der Waals surface area contributed by atoms with E-state index < -0.39 is 0 Å². The Labute approximate surface area is 230 Å². The number of nitrogens with one attached hydrogen (secondary N) is 1. The summed E-state index contributed by atoms with van der Waals surface area (Å²) in [5, 5.41) is 2.26. The van der Waals surface area contributed by atoms with E-state index >= 15 is 0 Å². The van der Waals surface area contributed by atoms with Crippen LogP contribution in [0.1, 0.15) is 95.4 Å². The molecule has 5 N–H and O–H groups in total. The SMILES string of the molecule is CCCCCCCCCCCCCC[n+]1c(C)cc(N)c2ccccc21.Cc1cc(N)c2ccccc2[nH+]1. The minimum absolute atomic E-state index is 0.835. The number of aromatic nitrogens is 2. The van der Waals surface area contributed by atoms with Crippen molar-refractivity contribution in [1.82, 2.24) is 0 Å². The molecule has 204 valence electrons. The highest BCUT2D eigenvalue weighted by molar-refractivity contribution is 5.88. The summed E-state index contributed by atoms with van der Waals surface area (Å²) in [6.45, 7) is 7.56. The molecule has 2 heterocycles. The van der Waals surface area contributed by atoms with Crippen molar-refractivity contribution in [2.24, 2.45) is 0 Å². The zero-order valence-corrected chi connectivity index (χ0v) is 24.1. The van der Waals surface area contributed by atoms with Crippen molar-refractivity contribution in [3.05, 3.63) is 72.1 Å². The maximum Gasteiger partial charge on any atom is 0.214 e. The van der Waals surface area contributed by atoms with Gasteiger partial charge in [-0.25, -0.2) is 4.98 Å². The van der Waals surface area contributed by atoms with Gasteiger partial charge in [-0.05, 0) is 18.6 Å². The highest BCUT2D eigenvalue weighted by Gasteiger charge is 2.14. The van der Waals surface area contributed by atoms with E-state index in [0.717, 1.165) is 34.5 Å². The van der Waals surface area contributed by atoms with Gasteiger partial charge < -0.3 is 11.5 Å². The maximum absolute atomic E-state index is 6.18. The number of H-pyrrole nitrogens is 1. The van der Waals surface area contributed by atoms with Crippen LogP contribution >= 0.6 is 0 Å². The smallest absolute Gasteiger partial charge is 0.214 e. The van der Waals surface area contributed by atoms with Crippen LogP contribution in [-0.2, 0) is 6.54 Å². The van der Waals surface area contributed by atoms with Gasteiger partial charge in [0.2, 0.25) is 11.0 Å². The van der Waals surface area contributed by atoms with Crippen LogP contribution in [0.4, 0.5) is 11.4 Å². The van der Waals surface area contributed by atoms with Crippen LogP contribution < -0.4 is 21.0 Å². The Morgan fingerprint density at radius 1 is 0.632 bits per heavy atom. The molecule has 0 saturated heterocycles. The molecule has 0 saturated carbocycles. The van der Waals surface area contributed by atoms with Crippen molar-refractivity contribution >= 4 is 33.2 Å². The lowest BCUT2D eigenvalue weighted by molar-refractivity contribution is -0.677. The fraction of sp³-hybridized carbons (Fsp3) is 0.471. The number of aryl methyl sites for hydroxylation is 3. The van der Waals surface area contributed by atoms with Gasteiger partial charge in [0.1, 0.15) is 6.54 Å². The number of para-hydroxylation sites is 2. The molecule has 0 fully saturated rings. The Bertz CT molecular complexity index is 1260. The van der Waals surface area contributed by atoms with Crippen LogP contribution in [0.25, 0.3) is 21.8 Å². The zero-order chi connectivity index (χ0) is 27.2. The van der Waals surface area contributed by atoms with E-state index in [1.54, 1.807) is 0 Å². The van der Waals surface area contributed by atoms with Crippen LogP contribution in [0.15, 0.2) is 60.7 Å². The van der Waals surface area contributed by atoms with E-state index in [1.165, 1.54) is 93.6 Å². The first-order chi connectivity index (χ1) is 18.5. The maximum atomic E-state index is 6.18. The summed E-state index contributed by atoms with van der Waals surface area (Å²) in [6.07, 6.45) is 16.8. The summed E-state index contributed by atoms with van der Waals surface area (Å²) >= 11 is 0. The van der Waals surface area contributed by atoms with Crippen molar-refractivity contribution in [3.63, 3.8) is 0 Å². The number of unbranched alkanes of at least 4 members (excludes halogenated alkanes) is 11. The molecule has 0 amide bonds. The van der Waals surface area contributed by atoms with Gasteiger partial charge in [-0.15, -0.1) is 0 Å². The molecular weight excluding hydrogens is 464 g/mol. The first-order valence-electron chi connectivity index (χ1n) is 14.9. The van der Waals surface area contributed by atoms with Crippen LogP contribution in [-0.4, -0.2) is 0 Å². The molecule has 0 aliphatic carbocycles. The summed E-state index contributed by atoms with van der Waals surface area (Å²) in [4.78, 5) is 3.25. The first-order valence-corrected chi connectivity index (χ1v) is 14.9. The predicted octanol–water partition coefficient (Wildman–Crippen LogP) is 8.26. The average Bonchev–Trinajstić information content (AvgIpc) is 2.91. The third-order valence-electron chi connectivity index (χ3n) is 7.47. The number of benzene rings is 2. The number of rotatable bonds is 13. The van der Waals surface area contributed by atoms with Crippen LogP contribution in [0.3, 0.4) is 0 Å². The Morgan fingerprint density at radius 3 is 1.82 bits per heavy atom. The second-order valence-electron chi connectivity index (χ2n) is 10.8. The molecule has 4 rings (SSSR count). The fourth-order valence-corrected chi connectivity index (χ4v) is 5.33. The zero-order valence-electron chi connectivity index (χ0n) is 24.1. The molecule has 38 heavy (non-hydrogen) atoms. The number of fused-ring (bicyclic) bond motifs is 2. The van der Waals surface area contributed by atoms with Crippen LogP contribution in [0, 0.1) is 13.8 Å². The highest BCUT2D eigenvalue weighted by atomic mass is 15.0. The summed E-state index contributed by atoms with van der Waals surface area (Å²) in [5.41, 5.74) is 18.5. The second kappa shape index (κ2) is 16.0. The Balaban J connectivity index is 0.000000275. The topological polar surface area (TPSA) is 70.1 Å². The summed E-state index contributed by atoms with van der Waals surface area (Å²) in [7, 11) is 0. The third-order valence-corrected chi connectivity index (χ3v) is 7.47. The number of nitrogens with two attached hydrogens (primary N) is 2. The normalized spacial score (nSPS) is 11.0. The number of pyridine rings is 2. The van der Waals surface area contributed by atoms with Crippen molar-refractivity contribution in [3.8, 4) is 0 Å². The average molecular weight is 515 g/mol. The van der Waals surface area contributed by atoms with Gasteiger partial charge in [-0.1, -0.05) is 95.4 Å². The minimum atomic E-state index is 0.835. The second-order valence-corrected chi connectivity index (χ2v) is 10.8. The molecule has 4 aromatic rings. The van der Waals surface area contributed by atoms with Crippen LogP contribution in [0.2, 0.25) is 0 Å². The highest BCUT2D eigenvalue weighted by Crippen LogP contribution is 2.19.